The molecule has 19 heavy (non-hydrogen) atoms. The van der Waals surface area contributed by atoms with Crippen LogP contribution in [0, 0.1) is 5.92 Å². The van der Waals surface area contributed by atoms with Crippen molar-refractivity contribution >= 4 is 15.9 Å². The molecule has 1 aliphatic carbocycles. The molecule has 0 spiro atoms. The SMILES string of the molecule is CN(C)CC(O)CNC(c1ccc(Br)cc1)C1CC1. The van der Waals surface area contributed by atoms with Crippen LogP contribution in [0.1, 0.15) is 24.4 Å². The number of nitrogens with one attached hydrogen (secondary N) is 1. The van der Waals surface area contributed by atoms with Gasteiger partial charge in [-0.2, -0.15) is 0 Å². The third kappa shape index (κ3) is 4.88. The fraction of sp³-hybridized carbons (Fsp3) is 0.600. The van der Waals surface area contributed by atoms with Crippen molar-refractivity contribution in [3.63, 3.8) is 0 Å². The predicted molar refractivity (Wildman–Crippen MR) is 82.2 cm³/mol. The van der Waals surface area contributed by atoms with Crippen LogP contribution in [-0.4, -0.2) is 43.3 Å². The van der Waals surface area contributed by atoms with Crippen LogP contribution >= 0.6 is 15.9 Å². The molecule has 0 heterocycles. The molecule has 0 radical (unpaired) electrons. The summed E-state index contributed by atoms with van der Waals surface area (Å²) in [6.07, 6.45) is 2.27. The Balaban J connectivity index is 1.91. The first-order valence-corrected chi connectivity index (χ1v) is 7.67. The summed E-state index contributed by atoms with van der Waals surface area (Å²) in [6, 6.07) is 8.88. The zero-order chi connectivity index (χ0) is 13.8. The van der Waals surface area contributed by atoms with Gasteiger partial charge in [-0.05, 0) is 50.6 Å². The average molecular weight is 327 g/mol. The highest BCUT2D eigenvalue weighted by Crippen LogP contribution is 2.41. The Morgan fingerprint density at radius 3 is 2.47 bits per heavy atom. The number of halogens is 1. The Morgan fingerprint density at radius 2 is 1.95 bits per heavy atom. The second-order valence-electron chi connectivity index (χ2n) is 5.69. The molecule has 1 fully saturated rings. The van der Waals surface area contributed by atoms with Crippen molar-refractivity contribution in [1.82, 2.24) is 10.2 Å². The fourth-order valence-electron chi connectivity index (χ4n) is 2.41. The van der Waals surface area contributed by atoms with Gasteiger partial charge in [0.05, 0.1) is 6.10 Å². The molecular weight excluding hydrogens is 304 g/mol. The van der Waals surface area contributed by atoms with Crippen molar-refractivity contribution in [3.8, 4) is 0 Å². The van der Waals surface area contributed by atoms with E-state index in [1.165, 1.54) is 18.4 Å². The van der Waals surface area contributed by atoms with Gasteiger partial charge in [0.15, 0.2) is 0 Å². The summed E-state index contributed by atoms with van der Waals surface area (Å²) in [4.78, 5) is 2.01. The van der Waals surface area contributed by atoms with Crippen LogP contribution in [0.2, 0.25) is 0 Å². The van der Waals surface area contributed by atoms with Gasteiger partial charge < -0.3 is 15.3 Å². The lowest BCUT2D eigenvalue weighted by Gasteiger charge is -2.22. The highest BCUT2D eigenvalue weighted by atomic mass is 79.9. The average Bonchev–Trinajstić information content (AvgIpc) is 3.15. The van der Waals surface area contributed by atoms with Gasteiger partial charge in [-0.25, -0.2) is 0 Å². The largest absolute Gasteiger partial charge is 0.390 e. The lowest BCUT2D eigenvalue weighted by molar-refractivity contribution is 0.130. The van der Waals surface area contributed by atoms with E-state index in [1.807, 2.05) is 19.0 Å². The van der Waals surface area contributed by atoms with Gasteiger partial charge in [-0.1, -0.05) is 28.1 Å². The molecule has 106 valence electrons. The van der Waals surface area contributed by atoms with Crippen molar-refractivity contribution < 1.29 is 5.11 Å². The molecule has 2 atom stereocenters. The number of rotatable bonds is 7. The van der Waals surface area contributed by atoms with Gasteiger partial charge in [0.1, 0.15) is 0 Å². The molecule has 0 saturated heterocycles. The molecule has 2 unspecified atom stereocenters. The molecule has 2 rings (SSSR count). The van der Waals surface area contributed by atoms with Crippen LogP contribution in [0.15, 0.2) is 28.7 Å². The Labute approximate surface area is 124 Å². The maximum Gasteiger partial charge on any atom is 0.0791 e. The van der Waals surface area contributed by atoms with Crippen molar-refractivity contribution in [3.05, 3.63) is 34.3 Å². The van der Waals surface area contributed by atoms with Crippen LogP contribution in [0.25, 0.3) is 0 Å². The molecule has 0 aliphatic heterocycles. The van der Waals surface area contributed by atoms with Crippen molar-refractivity contribution in [2.75, 3.05) is 27.2 Å². The van der Waals surface area contributed by atoms with Crippen LogP contribution in [0.5, 0.6) is 0 Å². The van der Waals surface area contributed by atoms with Crippen molar-refractivity contribution in [2.45, 2.75) is 25.0 Å². The third-order valence-corrected chi connectivity index (χ3v) is 4.00. The monoisotopic (exact) mass is 326 g/mol. The number of benzene rings is 1. The summed E-state index contributed by atoms with van der Waals surface area (Å²) in [5.41, 5.74) is 1.32. The molecule has 1 aliphatic rings. The van der Waals surface area contributed by atoms with E-state index in [1.54, 1.807) is 0 Å². The van der Waals surface area contributed by atoms with E-state index >= 15 is 0 Å². The Hall–Kier alpha value is -0.420. The molecule has 0 aromatic heterocycles. The number of likely N-dealkylation sites (N-methyl/N-ethyl adjacent to an activating group) is 1. The number of hydrogen-bond donors (Lipinski definition) is 2. The van der Waals surface area contributed by atoms with Crippen LogP contribution in [-0.2, 0) is 0 Å². The summed E-state index contributed by atoms with van der Waals surface area (Å²) in [5, 5.41) is 13.5. The van der Waals surface area contributed by atoms with E-state index in [2.05, 4.69) is 45.5 Å². The Bertz CT molecular complexity index is 390. The first-order valence-electron chi connectivity index (χ1n) is 6.88. The number of nitrogens with zero attached hydrogens (tertiary/aromatic N) is 1. The minimum absolute atomic E-state index is 0.313. The normalized spacial score (nSPS) is 18.6. The molecule has 4 heteroatoms. The fourth-order valence-corrected chi connectivity index (χ4v) is 2.67. The third-order valence-electron chi connectivity index (χ3n) is 3.47. The minimum Gasteiger partial charge on any atom is -0.390 e. The van der Waals surface area contributed by atoms with Crippen molar-refractivity contribution in [2.24, 2.45) is 5.92 Å². The minimum atomic E-state index is -0.313. The van der Waals surface area contributed by atoms with E-state index < -0.39 is 0 Å². The van der Waals surface area contributed by atoms with E-state index in [0.29, 0.717) is 19.1 Å². The van der Waals surface area contributed by atoms with Gasteiger partial charge in [0, 0.05) is 23.6 Å². The first-order chi connectivity index (χ1) is 9.06. The quantitative estimate of drug-likeness (QED) is 0.807. The number of aliphatic hydroxyl groups excluding tert-OH is 1. The zero-order valence-corrected chi connectivity index (χ0v) is 13.2. The molecule has 2 N–H and O–H groups in total. The summed E-state index contributed by atoms with van der Waals surface area (Å²) < 4.78 is 1.11. The van der Waals surface area contributed by atoms with E-state index in [0.717, 1.165) is 10.4 Å². The Morgan fingerprint density at radius 1 is 1.32 bits per heavy atom. The highest BCUT2D eigenvalue weighted by Gasteiger charge is 2.32. The number of aliphatic hydroxyl groups is 1. The summed E-state index contributed by atoms with van der Waals surface area (Å²) in [6.45, 7) is 1.35. The van der Waals surface area contributed by atoms with E-state index in [9.17, 15) is 5.11 Å². The lowest BCUT2D eigenvalue weighted by atomic mass is 10.0. The molecule has 1 aromatic rings. The molecule has 0 bridgehead atoms. The second-order valence-corrected chi connectivity index (χ2v) is 6.61. The summed E-state index contributed by atoms with van der Waals surface area (Å²) >= 11 is 3.47. The van der Waals surface area contributed by atoms with Gasteiger partial charge in [-0.3, -0.25) is 0 Å². The summed E-state index contributed by atoms with van der Waals surface area (Å²) in [5.74, 6) is 0.729. The Kier molecular flexibility index (Phi) is 5.39. The van der Waals surface area contributed by atoms with Gasteiger partial charge in [0.2, 0.25) is 0 Å². The van der Waals surface area contributed by atoms with Crippen LogP contribution in [0.4, 0.5) is 0 Å². The standard InChI is InChI=1S/C15H23BrN2O/c1-18(2)10-14(19)9-17-15(11-3-4-11)12-5-7-13(16)8-6-12/h5-8,11,14-15,17,19H,3-4,9-10H2,1-2H3. The zero-order valence-electron chi connectivity index (χ0n) is 11.6. The lowest BCUT2D eigenvalue weighted by Crippen LogP contribution is -2.37. The topological polar surface area (TPSA) is 35.5 Å². The first kappa shape index (κ1) is 15.0. The predicted octanol–water partition coefficient (Wildman–Crippen LogP) is 2.41. The van der Waals surface area contributed by atoms with Crippen LogP contribution in [0.3, 0.4) is 0 Å². The van der Waals surface area contributed by atoms with Gasteiger partial charge >= 0.3 is 0 Å². The van der Waals surface area contributed by atoms with E-state index in [4.69, 9.17) is 0 Å². The molecule has 1 saturated carbocycles. The maximum absolute atomic E-state index is 9.95. The summed E-state index contributed by atoms with van der Waals surface area (Å²) in [7, 11) is 3.96. The van der Waals surface area contributed by atoms with E-state index in [-0.39, 0.29) is 6.10 Å². The molecule has 0 amide bonds. The molecule has 1 aromatic carbocycles. The smallest absolute Gasteiger partial charge is 0.0791 e. The maximum atomic E-state index is 9.95. The van der Waals surface area contributed by atoms with Crippen molar-refractivity contribution in [1.29, 1.82) is 0 Å². The molecular formula is C15H23BrN2O. The molecule has 3 nitrogen and oxygen atoms in total. The number of hydrogen-bond acceptors (Lipinski definition) is 3. The van der Waals surface area contributed by atoms with Gasteiger partial charge in [0.25, 0.3) is 0 Å². The second kappa shape index (κ2) is 6.84. The highest BCUT2D eigenvalue weighted by molar-refractivity contribution is 9.10. The van der Waals surface area contributed by atoms with Gasteiger partial charge in [-0.15, -0.1) is 0 Å². The van der Waals surface area contributed by atoms with Crippen LogP contribution < -0.4 is 5.32 Å².